The zero-order valence-corrected chi connectivity index (χ0v) is 13.0. The van der Waals surface area contributed by atoms with Crippen LogP contribution in [0.15, 0.2) is 18.2 Å². The van der Waals surface area contributed by atoms with Gasteiger partial charge in [-0.1, -0.05) is 12.5 Å². The lowest BCUT2D eigenvalue weighted by Crippen LogP contribution is -2.46. The van der Waals surface area contributed by atoms with Gasteiger partial charge in [0.2, 0.25) is 5.91 Å². The Morgan fingerprint density at radius 3 is 2.83 bits per heavy atom. The number of aliphatic hydroxyl groups is 1. The Bertz CT molecular complexity index is 582. The van der Waals surface area contributed by atoms with Crippen LogP contribution in [0.4, 0.5) is 8.78 Å². The Labute approximate surface area is 134 Å². The summed E-state index contributed by atoms with van der Waals surface area (Å²) >= 11 is 0. The molecule has 2 fully saturated rings. The highest BCUT2D eigenvalue weighted by atomic mass is 19.2. The Hall–Kier alpha value is -1.53. The molecular formula is C17H22F2N2O2. The number of β-amino-alcohol motifs (C(OH)–C–C–N with tert-alkyl or cyclic N) is 1. The predicted molar refractivity (Wildman–Crippen MR) is 81.6 cm³/mol. The molecule has 0 bridgehead atoms. The van der Waals surface area contributed by atoms with Gasteiger partial charge in [0, 0.05) is 31.5 Å². The standard InChI is InChI=1S/C17H22F2N2O2/c18-13-5-4-11(7-14(13)19)16(22)10-21-6-2-1-3-15(21)12-8-17(23)20-9-12/h4-5,7,12,15-16,22H,1-3,6,8-10H2,(H,20,23). The molecule has 0 aliphatic carbocycles. The first-order chi connectivity index (χ1) is 11.0. The minimum atomic E-state index is -0.942. The normalized spacial score (nSPS) is 27.0. The SMILES string of the molecule is O=C1CC(C2CCCCN2CC(O)c2ccc(F)c(F)c2)CN1. The van der Waals surface area contributed by atoms with E-state index in [2.05, 4.69) is 10.2 Å². The van der Waals surface area contributed by atoms with E-state index < -0.39 is 17.7 Å². The lowest BCUT2D eigenvalue weighted by atomic mass is 9.89. The fourth-order valence-electron chi connectivity index (χ4n) is 3.72. The third kappa shape index (κ3) is 3.70. The Kier molecular flexibility index (Phi) is 4.92. The first kappa shape index (κ1) is 16.3. The highest BCUT2D eigenvalue weighted by Gasteiger charge is 2.35. The molecule has 6 heteroatoms. The molecule has 126 valence electrons. The van der Waals surface area contributed by atoms with Crippen molar-refractivity contribution in [3.05, 3.63) is 35.4 Å². The molecule has 3 unspecified atom stereocenters. The lowest BCUT2D eigenvalue weighted by Gasteiger charge is -2.39. The quantitative estimate of drug-likeness (QED) is 0.890. The molecule has 2 aliphatic heterocycles. The number of hydrogen-bond donors (Lipinski definition) is 2. The molecule has 0 spiro atoms. The molecule has 0 radical (unpaired) electrons. The van der Waals surface area contributed by atoms with Gasteiger partial charge in [0.15, 0.2) is 11.6 Å². The van der Waals surface area contributed by atoms with Crippen LogP contribution in [-0.2, 0) is 4.79 Å². The number of aliphatic hydroxyl groups excluding tert-OH is 1. The smallest absolute Gasteiger partial charge is 0.220 e. The summed E-state index contributed by atoms with van der Waals surface area (Å²) in [5, 5.41) is 13.3. The van der Waals surface area contributed by atoms with Crippen LogP contribution in [0.3, 0.4) is 0 Å². The molecule has 2 heterocycles. The lowest BCUT2D eigenvalue weighted by molar-refractivity contribution is -0.119. The van der Waals surface area contributed by atoms with Crippen LogP contribution < -0.4 is 5.32 Å². The number of carbonyl (C=O) groups excluding carboxylic acids is 1. The van der Waals surface area contributed by atoms with Crippen molar-refractivity contribution in [2.75, 3.05) is 19.6 Å². The van der Waals surface area contributed by atoms with E-state index in [0.29, 0.717) is 25.1 Å². The number of likely N-dealkylation sites (tertiary alicyclic amines) is 1. The highest BCUT2D eigenvalue weighted by Crippen LogP contribution is 2.29. The number of benzene rings is 1. The predicted octanol–water partition coefficient (Wildman–Crippen LogP) is 1.99. The summed E-state index contributed by atoms with van der Waals surface area (Å²) in [5.74, 6) is -1.50. The van der Waals surface area contributed by atoms with Gasteiger partial charge in [-0.15, -0.1) is 0 Å². The van der Waals surface area contributed by atoms with Crippen LogP contribution in [0.1, 0.15) is 37.4 Å². The van der Waals surface area contributed by atoms with Gasteiger partial charge in [-0.3, -0.25) is 9.69 Å². The first-order valence-corrected chi connectivity index (χ1v) is 8.18. The molecule has 2 saturated heterocycles. The van der Waals surface area contributed by atoms with Crippen molar-refractivity contribution in [2.24, 2.45) is 5.92 Å². The molecule has 1 aromatic rings. The van der Waals surface area contributed by atoms with Gasteiger partial charge in [-0.2, -0.15) is 0 Å². The average Bonchev–Trinajstić information content (AvgIpc) is 2.97. The number of carbonyl (C=O) groups is 1. The van der Waals surface area contributed by atoms with Crippen molar-refractivity contribution in [3.63, 3.8) is 0 Å². The molecule has 23 heavy (non-hydrogen) atoms. The van der Waals surface area contributed by atoms with E-state index in [-0.39, 0.29) is 17.9 Å². The zero-order chi connectivity index (χ0) is 16.4. The second-order valence-corrected chi connectivity index (χ2v) is 6.52. The second-order valence-electron chi connectivity index (χ2n) is 6.52. The minimum Gasteiger partial charge on any atom is -0.387 e. The van der Waals surface area contributed by atoms with Gasteiger partial charge < -0.3 is 10.4 Å². The maximum atomic E-state index is 13.3. The number of piperidine rings is 1. The number of rotatable bonds is 4. The van der Waals surface area contributed by atoms with Crippen LogP contribution in [0, 0.1) is 17.6 Å². The van der Waals surface area contributed by atoms with Gasteiger partial charge in [-0.05, 0) is 37.1 Å². The Morgan fingerprint density at radius 1 is 1.30 bits per heavy atom. The first-order valence-electron chi connectivity index (χ1n) is 8.18. The summed E-state index contributed by atoms with van der Waals surface area (Å²) in [6, 6.07) is 3.77. The van der Waals surface area contributed by atoms with Gasteiger partial charge in [-0.25, -0.2) is 8.78 Å². The third-order valence-electron chi connectivity index (χ3n) is 4.95. The Balaban J connectivity index is 1.68. The van der Waals surface area contributed by atoms with Gasteiger partial charge in [0.1, 0.15) is 0 Å². The maximum Gasteiger partial charge on any atom is 0.220 e. The molecule has 4 nitrogen and oxygen atoms in total. The molecule has 0 saturated carbocycles. The Morgan fingerprint density at radius 2 is 2.13 bits per heavy atom. The zero-order valence-electron chi connectivity index (χ0n) is 13.0. The summed E-state index contributed by atoms with van der Waals surface area (Å²) in [6.45, 7) is 1.91. The van der Waals surface area contributed by atoms with Crippen molar-refractivity contribution < 1.29 is 18.7 Å². The molecule has 2 N–H and O–H groups in total. The van der Waals surface area contributed by atoms with Crippen LogP contribution in [0.2, 0.25) is 0 Å². The topological polar surface area (TPSA) is 52.6 Å². The molecular weight excluding hydrogens is 302 g/mol. The summed E-state index contributed by atoms with van der Waals surface area (Å²) in [7, 11) is 0. The number of hydrogen-bond acceptors (Lipinski definition) is 3. The van der Waals surface area contributed by atoms with Crippen LogP contribution >= 0.6 is 0 Å². The van der Waals surface area contributed by atoms with Crippen LogP contribution in [0.5, 0.6) is 0 Å². The fraction of sp³-hybridized carbons (Fsp3) is 0.588. The van der Waals surface area contributed by atoms with Crippen LogP contribution in [-0.4, -0.2) is 41.6 Å². The van der Waals surface area contributed by atoms with E-state index in [1.165, 1.54) is 6.07 Å². The summed E-state index contributed by atoms with van der Waals surface area (Å²) in [4.78, 5) is 13.7. The third-order valence-corrected chi connectivity index (χ3v) is 4.95. The number of nitrogens with one attached hydrogen (secondary N) is 1. The second kappa shape index (κ2) is 6.93. The summed E-state index contributed by atoms with van der Waals surface area (Å²) in [6.07, 6.45) is 2.84. The molecule has 1 amide bonds. The van der Waals surface area contributed by atoms with E-state index in [1.54, 1.807) is 0 Å². The number of nitrogens with zero attached hydrogens (tertiary/aromatic N) is 1. The van der Waals surface area contributed by atoms with Crippen molar-refractivity contribution >= 4 is 5.91 Å². The van der Waals surface area contributed by atoms with E-state index in [4.69, 9.17) is 0 Å². The van der Waals surface area contributed by atoms with E-state index >= 15 is 0 Å². The minimum absolute atomic E-state index is 0.0849. The molecule has 3 atom stereocenters. The van der Waals surface area contributed by atoms with E-state index in [0.717, 1.165) is 37.9 Å². The number of halogens is 2. The van der Waals surface area contributed by atoms with Crippen LogP contribution in [0.25, 0.3) is 0 Å². The highest BCUT2D eigenvalue weighted by molar-refractivity contribution is 5.78. The average molecular weight is 324 g/mol. The largest absolute Gasteiger partial charge is 0.387 e. The van der Waals surface area contributed by atoms with E-state index in [9.17, 15) is 18.7 Å². The van der Waals surface area contributed by atoms with Gasteiger partial charge >= 0.3 is 0 Å². The van der Waals surface area contributed by atoms with Crippen molar-refractivity contribution in [3.8, 4) is 0 Å². The van der Waals surface area contributed by atoms with Crippen molar-refractivity contribution in [2.45, 2.75) is 37.8 Å². The fourth-order valence-corrected chi connectivity index (χ4v) is 3.72. The van der Waals surface area contributed by atoms with Gasteiger partial charge in [0.25, 0.3) is 0 Å². The molecule has 3 rings (SSSR count). The summed E-state index contributed by atoms with van der Waals surface area (Å²) < 4.78 is 26.4. The molecule has 0 aromatic heterocycles. The van der Waals surface area contributed by atoms with Crippen molar-refractivity contribution in [1.82, 2.24) is 10.2 Å². The molecule has 1 aromatic carbocycles. The summed E-state index contributed by atoms with van der Waals surface area (Å²) in [5.41, 5.74) is 0.383. The van der Waals surface area contributed by atoms with Gasteiger partial charge in [0.05, 0.1) is 6.10 Å². The maximum absolute atomic E-state index is 13.3. The molecule has 2 aliphatic rings. The monoisotopic (exact) mass is 324 g/mol. The van der Waals surface area contributed by atoms with E-state index in [1.807, 2.05) is 0 Å². The van der Waals surface area contributed by atoms with Crippen molar-refractivity contribution in [1.29, 1.82) is 0 Å². The number of amides is 1.